The second-order valence-corrected chi connectivity index (χ2v) is 2.76. The van der Waals surface area contributed by atoms with Gasteiger partial charge >= 0.3 is 5.97 Å². The first kappa shape index (κ1) is 8.49. The standard InChI is InChI=1S/C8H7N3O3/c1-11-4-9-3-6(11)7-5(8(12)13)2-10-14-7/h2-4H,1H3,(H,12,13). The summed E-state index contributed by atoms with van der Waals surface area (Å²) in [5.74, 6) is -0.847. The third-order valence-electron chi connectivity index (χ3n) is 1.85. The van der Waals surface area contributed by atoms with Crippen molar-refractivity contribution in [2.75, 3.05) is 0 Å². The Morgan fingerprint density at radius 3 is 2.93 bits per heavy atom. The van der Waals surface area contributed by atoms with Crippen molar-refractivity contribution in [3.8, 4) is 11.5 Å². The van der Waals surface area contributed by atoms with E-state index in [4.69, 9.17) is 9.63 Å². The molecule has 0 amide bonds. The van der Waals surface area contributed by atoms with Crippen LogP contribution in [-0.4, -0.2) is 25.8 Å². The van der Waals surface area contributed by atoms with Crippen LogP contribution in [0.4, 0.5) is 0 Å². The van der Waals surface area contributed by atoms with Crippen LogP contribution in [0.3, 0.4) is 0 Å². The van der Waals surface area contributed by atoms with E-state index >= 15 is 0 Å². The van der Waals surface area contributed by atoms with Crippen LogP contribution < -0.4 is 0 Å². The smallest absolute Gasteiger partial charge is 0.341 e. The predicted octanol–water partition coefficient (Wildman–Crippen LogP) is 0.773. The molecule has 0 atom stereocenters. The van der Waals surface area contributed by atoms with E-state index in [0.29, 0.717) is 5.69 Å². The lowest BCUT2D eigenvalue weighted by molar-refractivity contribution is 0.0697. The number of aromatic nitrogens is 3. The molecule has 0 aliphatic rings. The van der Waals surface area contributed by atoms with Crippen molar-refractivity contribution >= 4 is 5.97 Å². The maximum Gasteiger partial charge on any atom is 0.341 e. The summed E-state index contributed by atoms with van der Waals surface area (Å²) in [6.45, 7) is 0. The molecule has 14 heavy (non-hydrogen) atoms. The lowest BCUT2D eigenvalue weighted by Gasteiger charge is -1.97. The summed E-state index contributed by atoms with van der Waals surface area (Å²) in [5.41, 5.74) is 0.619. The molecule has 0 spiro atoms. The largest absolute Gasteiger partial charge is 0.477 e. The second-order valence-electron chi connectivity index (χ2n) is 2.76. The molecule has 2 aromatic rings. The van der Waals surface area contributed by atoms with Crippen LogP contribution in [-0.2, 0) is 7.05 Å². The zero-order valence-corrected chi connectivity index (χ0v) is 7.34. The summed E-state index contributed by atoms with van der Waals surface area (Å²) in [6, 6.07) is 0. The first-order valence-electron chi connectivity index (χ1n) is 3.85. The molecule has 1 N–H and O–H groups in total. The van der Waals surface area contributed by atoms with Crippen LogP contribution >= 0.6 is 0 Å². The highest BCUT2D eigenvalue weighted by Crippen LogP contribution is 2.22. The van der Waals surface area contributed by atoms with Gasteiger partial charge in [-0.25, -0.2) is 9.78 Å². The van der Waals surface area contributed by atoms with Crippen molar-refractivity contribution in [1.29, 1.82) is 0 Å². The average Bonchev–Trinajstić information content (AvgIpc) is 2.70. The van der Waals surface area contributed by atoms with Gasteiger partial charge < -0.3 is 14.2 Å². The molecule has 0 bridgehead atoms. The summed E-state index contributed by atoms with van der Waals surface area (Å²) < 4.78 is 6.52. The molecule has 2 heterocycles. The van der Waals surface area contributed by atoms with E-state index in [1.807, 2.05) is 0 Å². The molecular formula is C8H7N3O3. The monoisotopic (exact) mass is 193 g/mol. The maximum atomic E-state index is 10.8. The van der Waals surface area contributed by atoms with Gasteiger partial charge in [-0.3, -0.25) is 0 Å². The minimum absolute atomic E-state index is 0.0357. The van der Waals surface area contributed by atoms with Gasteiger partial charge in [-0.1, -0.05) is 5.16 Å². The van der Waals surface area contributed by atoms with Crippen LogP contribution in [0.2, 0.25) is 0 Å². The van der Waals surface area contributed by atoms with Crippen LogP contribution in [0.5, 0.6) is 0 Å². The molecule has 0 unspecified atom stereocenters. The third kappa shape index (κ3) is 1.17. The van der Waals surface area contributed by atoms with Crippen molar-refractivity contribution in [3.05, 3.63) is 24.3 Å². The van der Waals surface area contributed by atoms with Crippen molar-refractivity contribution in [2.24, 2.45) is 7.05 Å². The summed E-state index contributed by atoms with van der Waals surface area (Å²) in [4.78, 5) is 14.6. The Morgan fingerprint density at radius 2 is 2.36 bits per heavy atom. The molecule has 2 rings (SSSR count). The number of imidazole rings is 1. The van der Waals surface area contributed by atoms with Gasteiger partial charge in [-0.2, -0.15) is 0 Å². The molecule has 0 aromatic carbocycles. The van der Waals surface area contributed by atoms with E-state index in [0.717, 1.165) is 0 Å². The number of carboxylic acid groups (broad SMARTS) is 1. The van der Waals surface area contributed by atoms with Gasteiger partial charge in [0.25, 0.3) is 0 Å². The molecule has 0 aliphatic heterocycles. The minimum atomic E-state index is -1.07. The van der Waals surface area contributed by atoms with Crippen molar-refractivity contribution in [2.45, 2.75) is 0 Å². The number of nitrogens with zero attached hydrogens (tertiary/aromatic N) is 3. The second kappa shape index (κ2) is 2.99. The summed E-state index contributed by atoms with van der Waals surface area (Å²) in [5, 5.41) is 12.3. The lowest BCUT2D eigenvalue weighted by atomic mass is 10.2. The molecule has 6 nitrogen and oxygen atoms in total. The van der Waals surface area contributed by atoms with E-state index in [1.165, 1.54) is 12.4 Å². The Labute approximate surface area is 78.8 Å². The van der Waals surface area contributed by atoms with Gasteiger partial charge in [0, 0.05) is 7.05 Å². The van der Waals surface area contributed by atoms with Gasteiger partial charge in [-0.15, -0.1) is 0 Å². The fourth-order valence-corrected chi connectivity index (χ4v) is 1.15. The molecular weight excluding hydrogens is 186 g/mol. The van der Waals surface area contributed by atoms with E-state index in [2.05, 4.69) is 10.1 Å². The van der Waals surface area contributed by atoms with Gasteiger partial charge in [0.15, 0.2) is 5.76 Å². The Bertz CT molecular complexity index is 472. The average molecular weight is 193 g/mol. The van der Waals surface area contributed by atoms with Crippen LogP contribution in [0.25, 0.3) is 11.5 Å². The molecule has 72 valence electrons. The number of rotatable bonds is 2. The minimum Gasteiger partial charge on any atom is -0.477 e. The van der Waals surface area contributed by atoms with E-state index in [1.54, 1.807) is 17.9 Å². The zero-order valence-electron chi connectivity index (χ0n) is 7.34. The number of carboxylic acids is 1. The van der Waals surface area contributed by atoms with Crippen molar-refractivity contribution < 1.29 is 14.4 Å². The molecule has 6 heteroatoms. The topological polar surface area (TPSA) is 81.2 Å². The van der Waals surface area contributed by atoms with Crippen molar-refractivity contribution in [1.82, 2.24) is 14.7 Å². The SMILES string of the molecule is Cn1cncc1-c1oncc1C(=O)O. The molecule has 0 saturated heterocycles. The number of hydrogen-bond donors (Lipinski definition) is 1. The van der Waals surface area contributed by atoms with E-state index in [9.17, 15) is 4.79 Å². The Hall–Kier alpha value is -2.11. The van der Waals surface area contributed by atoms with Gasteiger partial charge in [-0.05, 0) is 0 Å². The van der Waals surface area contributed by atoms with E-state index in [-0.39, 0.29) is 11.3 Å². The maximum absolute atomic E-state index is 10.8. The highest BCUT2D eigenvalue weighted by atomic mass is 16.5. The number of aryl methyl sites for hydroxylation is 1. The lowest BCUT2D eigenvalue weighted by Crippen LogP contribution is -1.98. The Balaban J connectivity index is 2.57. The summed E-state index contributed by atoms with van der Waals surface area (Å²) in [6.07, 6.45) is 4.25. The molecule has 0 aliphatic carbocycles. The molecule has 0 saturated carbocycles. The number of aromatic carboxylic acids is 1. The predicted molar refractivity (Wildman–Crippen MR) is 45.7 cm³/mol. The van der Waals surface area contributed by atoms with Gasteiger partial charge in [0.1, 0.15) is 11.3 Å². The third-order valence-corrected chi connectivity index (χ3v) is 1.85. The Kier molecular flexibility index (Phi) is 1.81. The fourth-order valence-electron chi connectivity index (χ4n) is 1.15. The number of carbonyl (C=O) groups is 1. The summed E-state index contributed by atoms with van der Waals surface area (Å²) in [7, 11) is 1.75. The fraction of sp³-hybridized carbons (Fsp3) is 0.125. The number of hydrogen-bond acceptors (Lipinski definition) is 4. The van der Waals surface area contributed by atoms with E-state index < -0.39 is 5.97 Å². The first-order chi connectivity index (χ1) is 6.70. The van der Waals surface area contributed by atoms with Crippen LogP contribution in [0.1, 0.15) is 10.4 Å². The quantitative estimate of drug-likeness (QED) is 0.761. The molecule has 2 aromatic heterocycles. The van der Waals surface area contributed by atoms with Crippen LogP contribution in [0.15, 0.2) is 23.2 Å². The Morgan fingerprint density at radius 1 is 1.57 bits per heavy atom. The molecule has 0 fully saturated rings. The zero-order chi connectivity index (χ0) is 10.1. The van der Waals surface area contributed by atoms with Gasteiger partial charge in [0.05, 0.1) is 18.7 Å². The summed E-state index contributed by atoms with van der Waals surface area (Å²) >= 11 is 0. The molecule has 0 radical (unpaired) electrons. The highest BCUT2D eigenvalue weighted by Gasteiger charge is 2.18. The van der Waals surface area contributed by atoms with Crippen molar-refractivity contribution in [3.63, 3.8) is 0 Å². The van der Waals surface area contributed by atoms with Crippen LogP contribution in [0, 0.1) is 0 Å². The first-order valence-corrected chi connectivity index (χ1v) is 3.85. The van der Waals surface area contributed by atoms with Gasteiger partial charge in [0.2, 0.25) is 0 Å². The highest BCUT2D eigenvalue weighted by molar-refractivity contribution is 5.93. The normalized spacial score (nSPS) is 10.4.